The van der Waals surface area contributed by atoms with Crippen molar-refractivity contribution in [3.63, 3.8) is 0 Å². The number of nitrogens with one attached hydrogen (secondary N) is 1. The molecular formula is C14H22BrNOS. The Morgan fingerprint density at radius 1 is 1.39 bits per heavy atom. The van der Waals surface area contributed by atoms with Crippen LogP contribution in [-0.2, 0) is 6.54 Å². The number of ether oxygens (including phenoxy) is 1. The molecule has 102 valence electrons. The van der Waals surface area contributed by atoms with E-state index in [2.05, 4.69) is 54.2 Å². The summed E-state index contributed by atoms with van der Waals surface area (Å²) in [5.74, 6) is 3.15. The number of halogens is 1. The van der Waals surface area contributed by atoms with Crippen molar-refractivity contribution in [3.8, 4) is 5.75 Å². The molecule has 1 N–H and O–H groups in total. The van der Waals surface area contributed by atoms with Gasteiger partial charge in [0, 0.05) is 23.9 Å². The minimum absolute atomic E-state index is 0.479. The first kappa shape index (κ1) is 15.9. The Hall–Kier alpha value is -0.190. The topological polar surface area (TPSA) is 21.3 Å². The van der Waals surface area contributed by atoms with Crippen LogP contribution in [0.3, 0.4) is 0 Å². The van der Waals surface area contributed by atoms with Crippen LogP contribution in [0.1, 0.15) is 26.3 Å². The quantitative estimate of drug-likeness (QED) is 0.725. The highest BCUT2D eigenvalue weighted by Crippen LogP contribution is 2.29. The average Bonchev–Trinajstić information content (AvgIpc) is 2.34. The van der Waals surface area contributed by atoms with Crippen LogP contribution >= 0.6 is 27.7 Å². The van der Waals surface area contributed by atoms with Gasteiger partial charge in [-0.15, -0.1) is 0 Å². The molecule has 0 unspecified atom stereocenters. The summed E-state index contributed by atoms with van der Waals surface area (Å²) in [6.45, 7) is 8.07. The molecule has 1 aromatic rings. The maximum atomic E-state index is 5.89. The van der Waals surface area contributed by atoms with Crippen LogP contribution in [0.25, 0.3) is 0 Å². The lowest BCUT2D eigenvalue weighted by molar-refractivity contribution is 0.336. The predicted molar refractivity (Wildman–Crippen MR) is 84.6 cm³/mol. The SMILES string of the molecule is CCSCCOc1c(Br)cccc1CNC(C)C. The molecule has 2 nitrogen and oxygen atoms in total. The van der Waals surface area contributed by atoms with Crippen LogP contribution in [0, 0.1) is 0 Å². The van der Waals surface area contributed by atoms with Crippen molar-refractivity contribution in [1.29, 1.82) is 0 Å². The zero-order valence-corrected chi connectivity index (χ0v) is 13.7. The second-order valence-electron chi connectivity index (χ2n) is 4.31. The molecule has 0 amide bonds. The van der Waals surface area contributed by atoms with Gasteiger partial charge in [-0.2, -0.15) is 11.8 Å². The lowest BCUT2D eigenvalue weighted by atomic mass is 10.2. The molecule has 0 saturated carbocycles. The molecule has 0 saturated heterocycles. The smallest absolute Gasteiger partial charge is 0.137 e. The number of hydrogen-bond donors (Lipinski definition) is 1. The molecular weight excluding hydrogens is 310 g/mol. The Morgan fingerprint density at radius 3 is 2.83 bits per heavy atom. The summed E-state index contributed by atoms with van der Waals surface area (Å²) in [7, 11) is 0. The van der Waals surface area contributed by atoms with E-state index in [1.165, 1.54) is 5.56 Å². The third-order valence-corrected chi connectivity index (χ3v) is 3.92. The Balaban J connectivity index is 2.62. The van der Waals surface area contributed by atoms with Crippen LogP contribution in [0.5, 0.6) is 5.75 Å². The zero-order valence-electron chi connectivity index (χ0n) is 11.3. The van der Waals surface area contributed by atoms with Gasteiger partial charge in [-0.3, -0.25) is 0 Å². The third kappa shape index (κ3) is 5.63. The van der Waals surface area contributed by atoms with Gasteiger partial charge in [0.15, 0.2) is 0 Å². The molecule has 18 heavy (non-hydrogen) atoms. The molecule has 4 heteroatoms. The van der Waals surface area contributed by atoms with Gasteiger partial charge in [-0.1, -0.05) is 32.9 Å². The zero-order chi connectivity index (χ0) is 13.4. The van der Waals surface area contributed by atoms with Crippen molar-refractivity contribution in [1.82, 2.24) is 5.32 Å². The molecule has 1 aromatic carbocycles. The first-order valence-corrected chi connectivity index (χ1v) is 8.31. The lowest BCUT2D eigenvalue weighted by Gasteiger charge is -2.15. The van der Waals surface area contributed by atoms with Crippen molar-refractivity contribution in [3.05, 3.63) is 28.2 Å². The van der Waals surface area contributed by atoms with Gasteiger partial charge in [0.1, 0.15) is 5.75 Å². The van der Waals surface area contributed by atoms with E-state index in [-0.39, 0.29) is 0 Å². The lowest BCUT2D eigenvalue weighted by Crippen LogP contribution is -2.22. The van der Waals surface area contributed by atoms with Gasteiger partial charge in [-0.25, -0.2) is 0 Å². The molecule has 1 rings (SSSR count). The maximum absolute atomic E-state index is 5.89. The normalized spacial score (nSPS) is 10.9. The minimum Gasteiger partial charge on any atom is -0.491 e. The summed E-state index contributed by atoms with van der Waals surface area (Å²) >= 11 is 5.47. The van der Waals surface area contributed by atoms with Crippen LogP contribution in [-0.4, -0.2) is 24.2 Å². The Kier molecular flexibility index (Phi) is 7.79. The van der Waals surface area contributed by atoms with Crippen molar-refractivity contribution in [2.75, 3.05) is 18.1 Å². The summed E-state index contributed by atoms with van der Waals surface area (Å²) in [6.07, 6.45) is 0. The molecule has 0 atom stereocenters. The van der Waals surface area contributed by atoms with Gasteiger partial charge in [0.25, 0.3) is 0 Å². The fraction of sp³-hybridized carbons (Fsp3) is 0.571. The highest BCUT2D eigenvalue weighted by atomic mass is 79.9. The Bertz CT molecular complexity index is 358. The highest BCUT2D eigenvalue weighted by molar-refractivity contribution is 9.10. The number of para-hydroxylation sites is 1. The summed E-state index contributed by atoms with van der Waals surface area (Å²) in [5.41, 5.74) is 1.21. The van der Waals surface area contributed by atoms with E-state index in [4.69, 9.17) is 4.74 Å². The summed E-state index contributed by atoms with van der Waals surface area (Å²) in [4.78, 5) is 0. The molecule has 0 fully saturated rings. The van der Waals surface area contributed by atoms with Crippen LogP contribution < -0.4 is 10.1 Å². The highest BCUT2D eigenvalue weighted by Gasteiger charge is 2.08. The van der Waals surface area contributed by atoms with Crippen molar-refractivity contribution >= 4 is 27.7 Å². The van der Waals surface area contributed by atoms with E-state index in [1.54, 1.807) is 0 Å². The maximum Gasteiger partial charge on any atom is 0.137 e. The van der Waals surface area contributed by atoms with Gasteiger partial charge < -0.3 is 10.1 Å². The number of hydrogen-bond acceptors (Lipinski definition) is 3. The van der Waals surface area contributed by atoms with Crippen LogP contribution in [0.15, 0.2) is 22.7 Å². The molecule has 0 radical (unpaired) electrons. The predicted octanol–water partition coefficient (Wildman–Crippen LogP) is 4.08. The van der Waals surface area contributed by atoms with E-state index in [1.807, 2.05) is 17.8 Å². The average molecular weight is 332 g/mol. The van der Waals surface area contributed by atoms with Crippen LogP contribution in [0.2, 0.25) is 0 Å². The summed E-state index contributed by atoms with van der Waals surface area (Å²) in [5, 5.41) is 3.42. The van der Waals surface area contributed by atoms with Crippen molar-refractivity contribution in [2.45, 2.75) is 33.4 Å². The van der Waals surface area contributed by atoms with Gasteiger partial charge in [0.2, 0.25) is 0 Å². The Morgan fingerprint density at radius 2 is 2.17 bits per heavy atom. The van der Waals surface area contributed by atoms with Crippen molar-refractivity contribution in [2.24, 2.45) is 0 Å². The van der Waals surface area contributed by atoms with E-state index in [0.29, 0.717) is 6.04 Å². The Labute approximate surface area is 123 Å². The summed E-state index contributed by atoms with van der Waals surface area (Å²) in [6, 6.07) is 6.67. The number of benzene rings is 1. The van der Waals surface area contributed by atoms with Gasteiger partial charge in [0.05, 0.1) is 11.1 Å². The van der Waals surface area contributed by atoms with Crippen molar-refractivity contribution < 1.29 is 4.74 Å². The molecule has 0 spiro atoms. The van der Waals surface area contributed by atoms with Gasteiger partial charge in [-0.05, 0) is 27.7 Å². The first-order chi connectivity index (χ1) is 8.65. The monoisotopic (exact) mass is 331 g/mol. The van der Waals surface area contributed by atoms with E-state index in [0.717, 1.165) is 34.9 Å². The molecule has 0 aromatic heterocycles. The standard InChI is InChI=1S/C14H22BrNOS/c1-4-18-9-8-17-14-12(10-16-11(2)3)6-5-7-13(14)15/h5-7,11,16H,4,8-10H2,1-3H3. The second-order valence-corrected chi connectivity index (χ2v) is 6.56. The van der Waals surface area contributed by atoms with E-state index in [9.17, 15) is 0 Å². The summed E-state index contributed by atoms with van der Waals surface area (Å²) < 4.78 is 6.93. The number of thioether (sulfide) groups is 1. The fourth-order valence-electron chi connectivity index (χ4n) is 1.52. The molecule has 0 aliphatic carbocycles. The van der Waals surface area contributed by atoms with E-state index >= 15 is 0 Å². The minimum atomic E-state index is 0.479. The number of rotatable bonds is 8. The molecule has 0 bridgehead atoms. The first-order valence-electron chi connectivity index (χ1n) is 6.36. The molecule has 0 aliphatic heterocycles. The van der Waals surface area contributed by atoms with Gasteiger partial charge >= 0.3 is 0 Å². The van der Waals surface area contributed by atoms with Crippen LogP contribution in [0.4, 0.5) is 0 Å². The van der Waals surface area contributed by atoms with E-state index < -0.39 is 0 Å². The molecule has 0 aliphatic rings. The third-order valence-electron chi connectivity index (χ3n) is 2.43. The second kappa shape index (κ2) is 8.83. The molecule has 0 heterocycles. The largest absolute Gasteiger partial charge is 0.491 e. The fourth-order valence-corrected chi connectivity index (χ4v) is 2.53.